The molecule has 0 rings (SSSR count). The first-order valence-electron chi connectivity index (χ1n) is 2.06. The van der Waals surface area contributed by atoms with Crippen LogP contribution in [0.3, 0.4) is 0 Å². The maximum Gasteiger partial charge on any atom is 0.155 e. The lowest BCUT2D eigenvalue weighted by atomic mass is 10.4. The second-order valence-electron chi connectivity index (χ2n) is 1.30. The summed E-state index contributed by atoms with van der Waals surface area (Å²) in [5, 5.41) is 0. The Hall–Kier alpha value is -0.230. The van der Waals surface area contributed by atoms with E-state index in [9.17, 15) is 9.36 Å². The first-order chi connectivity index (χ1) is 3.27. The summed E-state index contributed by atoms with van der Waals surface area (Å²) in [7, 11) is 0.0694. The van der Waals surface area contributed by atoms with Gasteiger partial charge in [-0.1, -0.05) is 0 Å². The van der Waals surface area contributed by atoms with E-state index >= 15 is 0 Å². The molecule has 0 aromatic heterocycles. The number of carbonyl (C=O) groups is 1. The van der Waals surface area contributed by atoms with E-state index in [1.807, 2.05) is 0 Å². The van der Waals surface area contributed by atoms with Crippen LogP contribution >= 0.6 is 8.46 Å². The van der Waals surface area contributed by atoms with Crippen molar-refractivity contribution in [2.24, 2.45) is 0 Å². The quantitative estimate of drug-likeness (QED) is 0.522. The highest BCUT2D eigenvalue weighted by Gasteiger charge is 1.88. The summed E-state index contributed by atoms with van der Waals surface area (Å²) in [6.45, 7) is 1.49. The van der Waals surface area contributed by atoms with Gasteiger partial charge in [0.1, 0.15) is 5.78 Å². The van der Waals surface area contributed by atoms with Crippen molar-refractivity contribution in [2.45, 2.75) is 13.3 Å². The van der Waals surface area contributed by atoms with Crippen LogP contribution in [-0.2, 0) is 9.36 Å². The van der Waals surface area contributed by atoms with E-state index in [-0.39, 0.29) is 14.2 Å². The Labute approximate surface area is 44.1 Å². The highest BCUT2D eigenvalue weighted by atomic mass is 31.1. The highest BCUT2D eigenvalue weighted by Crippen LogP contribution is 1.93. The van der Waals surface area contributed by atoms with E-state index in [0.29, 0.717) is 12.6 Å². The van der Waals surface area contributed by atoms with Crippen molar-refractivity contribution in [2.75, 3.05) is 6.16 Å². The minimum absolute atomic E-state index is 0.0694. The minimum atomic E-state index is 0.0694. The Bertz CT molecular complexity index is 79.8. The van der Waals surface area contributed by atoms with Gasteiger partial charge in [-0.3, -0.25) is 4.57 Å². The molecule has 0 N–H and O–H groups in total. The zero-order valence-electron chi connectivity index (χ0n) is 4.18. The molecule has 0 heterocycles. The number of carbonyl (C=O) groups excluding carboxylic acids is 1. The van der Waals surface area contributed by atoms with Gasteiger partial charge in [0, 0.05) is 12.6 Å². The third kappa shape index (κ3) is 5.77. The van der Waals surface area contributed by atoms with Crippen LogP contribution in [0.5, 0.6) is 0 Å². The van der Waals surface area contributed by atoms with Crippen molar-refractivity contribution < 1.29 is 9.36 Å². The highest BCUT2D eigenvalue weighted by molar-refractivity contribution is 7.23. The Kier molecular flexibility index (Phi) is 3.81. The van der Waals surface area contributed by atoms with Crippen molar-refractivity contribution in [3.8, 4) is 0 Å². The summed E-state index contributed by atoms with van der Waals surface area (Å²) >= 11 is 0. The lowest BCUT2D eigenvalue weighted by Gasteiger charge is -1.79. The van der Waals surface area contributed by atoms with Gasteiger partial charge in [0.25, 0.3) is 0 Å². The van der Waals surface area contributed by atoms with Crippen LogP contribution in [-0.4, -0.2) is 11.9 Å². The fourth-order valence-corrected chi connectivity index (χ4v) is 0.609. The SMILES string of the molecule is CC(=O)CCP=O. The molecule has 3 heteroatoms. The van der Waals surface area contributed by atoms with Gasteiger partial charge in [-0.15, -0.1) is 0 Å². The first-order valence-corrected chi connectivity index (χ1v) is 3.05. The Morgan fingerprint density at radius 2 is 2.29 bits per heavy atom. The number of hydrogen-bond acceptors (Lipinski definition) is 2. The summed E-state index contributed by atoms with van der Waals surface area (Å²) < 4.78 is 9.65. The topological polar surface area (TPSA) is 34.1 Å². The molecule has 0 bridgehead atoms. The Morgan fingerprint density at radius 1 is 1.71 bits per heavy atom. The number of hydrogen-bond donors (Lipinski definition) is 0. The number of Topliss-reactive ketones (excluding diaryl/α,β-unsaturated/α-hetero) is 1. The zero-order chi connectivity index (χ0) is 5.70. The van der Waals surface area contributed by atoms with Crippen molar-refractivity contribution in [3.63, 3.8) is 0 Å². The molecule has 0 radical (unpaired) electrons. The van der Waals surface area contributed by atoms with Gasteiger partial charge in [-0.2, -0.15) is 0 Å². The fourth-order valence-electron chi connectivity index (χ4n) is 0.203. The van der Waals surface area contributed by atoms with E-state index in [2.05, 4.69) is 0 Å². The van der Waals surface area contributed by atoms with Gasteiger partial charge in [-0.25, -0.2) is 0 Å². The second-order valence-corrected chi connectivity index (χ2v) is 2.01. The third-order valence-electron chi connectivity index (χ3n) is 0.555. The molecule has 0 saturated heterocycles. The lowest BCUT2D eigenvalue weighted by molar-refractivity contribution is -0.116. The standard InChI is InChI=1S/C4H7O2P/c1-4(5)2-3-7-6/h2-3H2,1H3. The van der Waals surface area contributed by atoms with Crippen molar-refractivity contribution >= 4 is 14.2 Å². The van der Waals surface area contributed by atoms with Crippen LogP contribution in [0.2, 0.25) is 0 Å². The van der Waals surface area contributed by atoms with Crippen LogP contribution in [0.15, 0.2) is 0 Å². The number of rotatable bonds is 3. The van der Waals surface area contributed by atoms with Crippen LogP contribution in [0, 0.1) is 0 Å². The number of ketones is 1. The maximum atomic E-state index is 10.1. The molecule has 0 spiro atoms. The van der Waals surface area contributed by atoms with E-state index in [1.54, 1.807) is 0 Å². The molecule has 0 amide bonds. The monoisotopic (exact) mass is 118 g/mol. The summed E-state index contributed by atoms with van der Waals surface area (Å²) in [6.07, 6.45) is 0.903. The van der Waals surface area contributed by atoms with E-state index in [1.165, 1.54) is 6.92 Å². The molecule has 0 atom stereocenters. The molecule has 0 unspecified atom stereocenters. The third-order valence-corrected chi connectivity index (χ3v) is 0.961. The van der Waals surface area contributed by atoms with E-state index in [0.717, 1.165) is 0 Å². The predicted octanol–water partition coefficient (Wildman–Crippen LogP) is 1.26. The van der Waals surface area contributed by atoms with Crippen LogP contribution in [0.1, 0.15) is 13.3 Å². The molecule has 0 aromatic rings. The van der Waals surface area contributed by atoms with Gasteiger partial charge in [0.2, 0.25) is 0 Å². The average molecular weight is 118 g/mol. The van der Waals surface area contributed by atoms with E-state index < -0.39 is 0 Å². The molecule has 40 valence electrons. The minimum Gasteiger partial charge on any atom is -0.300 e. The summed E-state index contributed by atoms with van der Waals surface area (Å²) in [5.74, 6) is 0.100. The first kappa shape index (κ1) is 6.77. The van der Waals surface area contributed by atoms with Gasteiger partial charge in [0.05, 0.1) is 0 Å². The molecular formula is C4H7O2P. The molecule has 7 heavy (non-hydrogen) atoms. The molecule has 0 aliphatic carbocycles. The van der Waals surface area contributed by atoms with Gasteiger partial charge >= 0.3 is 0 Å². The fraction of sp³-hybridized carbons (Fsp3) is 0.750. The van der Waals surface area contributed by atoms with Crippen LogP contribution in [0.25, 0.3) is 0 Å². The van der Waals surface area contributed by atoms with E-state index in [4.69, 9.17) is 0 Å². The molecule has 0 aliphatic rings. The second kappa shape index (κ2) is 3.94. The molecule has 0 aromatic carbocycles. The Morgan fingerprint density at radius 3 is 2.43 bits per heavy atom. The van der Waals surface area contributed by atoms with Crippen LogP contribution in [0.4, 0.5) is 0 Å². The smallest absolute Gasteiger partial charge is 0.155 e. The van der Waals surface area contributed by atoms with Crippen molar-refractivity contribution in [3.05, 3.63) is 0 Å². The van der Waals surface area contributed by atoms with Gasteiger partial charge < -0.3 is 4.79 Å². The largest absolute Gasteiger partial charge is 0.300 e. The molecule has 2 nitrogen and oxygen atoms in total. The van der Waals surface area contributed by atoms with Gasteiger partial charge in [-0.05, 0) is 6.92 Å². The summed E-state index contributed by atoms with van der Waals surface area (Å²) in [6, 6.07) is 0. The lowest BCUT2D eigenvalue weighted by Crippen LogP contribution is -1.88. The average Bonchev–Trinajstić information content (AvgIpc) is 1.61. The summed E-state index contributed by atoms with van der Waals surface area (Å²) in [4.78, 5) is 10.1. The van der Waals surface area contributed by atoms with Crippen LogP contribution < -0.4 is 0 Å². The van der Waals surface area contributed by atoms with Crippen molar-refractivity contribution in [1.29, 1.82) is 0 Å². The normalized spacial score (nSPS) is 9.29. The van der Waals surface area contributed by atoms with Gasteiger partial charge in [0.15, 0.2) is 8.46 Å². The van der Waals surface area contributed by atoms with Crippen molar-refractivity contribution in [1.82, 2.24) is 0 Å². The zero-order valence-corrected chi connectivity index (χ0v) is 5.07. The molecule has 0 aliphatic heterocycles. The predicted molar refractivity (Wildman–Crippen MR) is 27.8 cm³/mol. The maximum absolute atomic E-state index is 10.1. The molecule has 0 fully saturated rings. The Balaban J connectivity index is 2.97. The summed E-state index contributed by atoms with van der Waals surface area (Å²) in [5.41, 5.74) is 0. The molecular weight excluding hydrogens is 111 g/mol. The molecule has 0 saturated carbocycles.